The summed E-state index contributed by atoms with van der Waals surface area (Å²) >= 11 is 0. The lowest BCUT2D eigenvalue weighted by molar-refractivity contribution is -0.175. The molecule has 28 heavy (non-hydrogen) atoms. The fourth-order valence-corrected chi connectivity index (χ4v) is 2.12. The molecular formula is C15H19ClF3NO7S. The van der Waals surface area contributed by atoms with Gasteiger partial charge in [0.1, 0.15) is 11.4 Å². The highest BCUT2D eigenvalue weighted by Gasteiger charge is 2.48. The van der Waals surface area contributed by atoms with E-state index in [2.05, 4.69) is 4.18 Å². The van der Waals surface area contributed by atoms with Crippen molar-refractivity contribution in [3.05, 3.63) is 29.8 Å². The second kappa shape index (κ2) is 9.43. The van der Waals surface area contributed by atoms with Gasteiger partial charge in [-0.3, -0.25) is 4.79 Å². The predicted octanol–water partition coefficient (Wildman–Crippen LogP) is 2.22. The number of nitrogens with two attached hydrogens (primary N) is 1. The van der Waals surface area contributed by atoms with Crippen LogP contribution >= 0.6 is 12.4 Å². The standard InChI is InChI=1S/C15H18F3NO7S.ClH/c1-14(2,3)25-13(21)12(24-11(20)8-19)9-4-6-10(7-5-9)26-27(22,23)15(16,17)18;/h4-7,12H,8,19H2,1-3H3;1H/t12-;/m1./s1. The molecule has 1 atom stereocenters. The van der Waals surface area contributed by atoms with E-state index in [4.69, 9.17) is 15.2 Å². The van der Waals surface area contributed by atoms with Crippen molar-refractivity contribution in [2.24, 2.45) is 5.73 Å². The Balaban J connectivity index is 0.00000729. The summed E-state index contributed by atoms with van der Waals surface area (Å²) in [5.41, 5.74) is -1.35. The molecule has 0 aliphatic rings. The maximum atomic E-state index is 12.3. The van der Waals surface area contributed by atoms with E-state index in [0.717, 1.165) is 24.3 Å². The monoisotopic (exact) mass is 449 g/mol. The lowest BCUT2D eigenvalue weighted by Crippen LogP contribution is -2.31. The summed E-state index contributed by atoms with van der Waals surface area (Å²) < 4.78 is 72.9. The Morgan fingerprint density at radius 3 is 2.00 bits per heavy atom. The summed E-state index contributed by atoms with van der Waals surface area (Å²) in [6.07, 6.45) is -1.55. The van der Waals surface area contributed by atoms with Gasteiger partial charge in [-0.15, -0.1) is 12.4 Å². The first-order valence-corrected chi connectivity index (χ1v) is 8.80. The van der Waals surface area contributed by atoms with Crippen LogP contribution in [0.1, 0.15) is 32.4 Å². The summed E-state index contributed by atoms with van der Waals surface area (Å²) in [6, 6.07) is 3.85. The number of alkyl halides is 3. The average molecular weight is 450 g/mol. The molecule has 160 valence electrons. The molecule has 0 aliphatic heterocycles. The first-order valence-electron chi connectivity index (χ1n) is 7.39. The first kappa shape index (κ1) is 26.0. The quantitative estimate of drug-likeness (QED) is 0.398. The molecule has 0 fully saturated rings. The van der Waals surface area contributed by atoms with E-state index in [1.165, 1.54) is 0 Å². The highest BCUT2D eigenvalue weighted by Crippen LogP contribution is 2.29. The SMILES string of the molecule is CC(C)(C)OC(=O)[C@H](OC(=O)CN)c1ccc(OS(=O)(=O)C(F)(F)F)cc1.Cl. The maximum absolute atomic E-state index is 12.3. The van der Waals surface area contributed by atoms with Crippen LogP contribution < -0.4 is 9.92 Å². The zero-order valence-electron chi connectivity index (χ0n) is 15.0. The van der Waals surface area contributed by atoms with Crippen molar-refractivity contribution >= 4 is 34.5 Å². The first-order chi connectivity index (χ1) is 12.2. The van der Waals surface area contributed by atoms with Crippen molar-refractivity contribution in [1.29, 1.82) is 0 Å². The molecule has 1 aromatic carbocycles. The third-order valence-electron chi connectivity index (χ3n) is 2.71. The highest BCUT2D eigenvalue weighted by molar-refractivity contribution is 7.88. The van der Waals surface area contributed by atoms with E-state index in [9.17, 15) is 31.2 Å². The Labute approximate surface area is 165 Å². The molecule has 1 rings (SSSR count). The van der Waals surface area contributed by atoms with Crippen LogP contribution in [-0.4, -0.2) is 38.0 Å². The van der Waals surface area contributed by atoms with E-state index in [1.54, 1.807) is 20.8 Å². The van der Waals surface area contributed by atoms with Gasteiger partial charge < -0.3 is 19.4 Å². The number of hydrogen-bond donors (Lipinski definition) is 1. The molecular weight excluding hydrogens is 431 g/mol. The number of ether oxygens (including phenoxy) is 2. The molecule has 0 saturated carbocycles. The molecule has 8 nitrogen and oxygen atoms in total. The lowest BCUT2D eigenvalue weighted by Gasteiger charge is -2.24. The molecule has 0 bridgehead atoms. The minimum absolute atomic E-state index is 0. The molecule has 0 aliphatic carbocycles. The van der Waals surface area contributed by atoms with Gasteiger partial charge in [0, 0.05) is 5.56 Å². The number of rotatable bonds is 6. The van der Waals surface area contributed by atoms with E-state index in [-0.39, 0.29) is 18.0 Å². The van der Waals surface area contributed by atoms with E-state index in [0.29, 0.717) is 0 Å². The molecule has 0 heterocycles. The van der Waals surface area contributed by atoms with Crippen LogP contribution in [0.3, 0.4) is 0 Å². The van der Waals surface area contributed by atoms with E-state index < -0.39 is 51.6 Å². The normalized spacial score (nSPS) is 13.1. The maximum Gasteiger partial charge on any atom is 0.534 e. The Bertz CT molecular complexity index is 789. The van der Waals surface area contributed by atoms with E-state index in [1.807, 2.05) is 0 Å². The van der Waals surface area contributed by atoms with Crippen molar-refractivity contribution in [2.75, 3.05) is 6.54 Å². The molecule has 0 amide bonds. The summed E-state index contributed by atoms with van der Waals surface area (Å²) in [5.74, 6) is -2.52. The fourth-order valence-electron chi connectivity index (χ4n) is 1.66. The minimum Gasteiger partial charge on any atom is -0.457 e. The molecule has 1 aromatic rings. The number of carbonyl (C=O) groups is 2. The zero-order chi connectivity index (χ0) is 21.0. The summed E-state index contributed by atoms with van der Waals surface area (Å²) in [4.78, 5) is 23.7. The fraction of sp³-hybridized carbons (Fsp3) is 0.467. The molecule has 0 spiro atoms. The van der Waals surface area contributed by atoms with Crippen LogP contribution in [0.2, 0.25) is 0 Å². The van der Waals surface area contributed by atoms with Crippen molar-refractivity contribution in [3.8, 4) is 5.75 Å². The predicted molar refractivity (Wildman–Crippen MR) is 93.0 cm³/mol. The van der Waals surface area contributed by atoms with Crippen LogP contribution in [0.15, 0.2) is 24.3 Å². The highest BCUT2D eigenvalue weighted by atomic mass is 35.5. The molecule has 0 unspecified atom stereocenters. The zero-order valence-corrected chi connectivity index (χ0v) is 16.6. The molecule has 0 aromatic heterocycles. The number of benzene rings is 1. The van der Waals surface area contributed by atoms with Crippen LogP contribution in [0.25, 0.3) is 0 Å². The van der Waals surface area contributed by atoms with Gasteiger partial charge in [0.2, 0.25) is 6.10 Å². The molecule has 0 radical (unpaired) electrons. The smallest absolute Gasteiger partial charge is 0.457 e. The minimum atomic E-state index is -5.84. The van der Waals surface area contributed by atoms with Gasteiger partial charge in [-0.2, -0.15) is 21.6 Å². The molecule has 13 heteroatoms. The Morgan fingerprint density at radius 1 is 1.11 bits per heavy atom. The third-order valence-corrected chi connectivity index (χ3v) is 3.69. The van der Waals surface area contributed by atoms with Crippen molar-refractivity contribution in [1.82, 2.24) is 0 Å². The van der Waals surface area contributed by atoms with Gasteiger partial charge in [0.25, 0.3) is 0 Å². The Hall–Kier alpha value is -2.05. The second-order valence-electron chi connectivity index (χ2n) is 6.16. The summed E-state index contributed by atoms with van der Waals surface area (Å²) in [7, 11) is -5.84. The second-order valence-corrected chi connectivity index (χ2v) is 7.70. The molecule has 0 saturated heterocycles. The van der Waals surface area contributed by atoms with Gasteiger partial charge in [0.15, 0.2) is 0 Å². The number of hydrogen-bond acceptors (Lipinski definition) is 8. The van der Waals surface area contributed by atoms with Crippen LogP contribution in [-0.2, 0) is 29.2 Å². The number of esters is 2. The van der Waals surface area contributed by atoms with Crippen LogP contribution in [0.5, 0.6) is 5.75 Å². The average Bonchev–Trinajstić information content (AvgIpc) is 2.50. The number of carbonyl (C=O) groups excluding carboxylic acids is 2. The van der Waals surface area contributed by atoms with Gasteiger partial charge in [-0.1, -0.05) is 12.1 Å². The lowest BCUT2D eigenvalue weighted by atomic mass is 10.1. The summed E-state index contributed by atoms with van der Waals surface area (Å²) in [6.45, 7) is 4.20. The Kier molecular flexibility index (Phi) is 8.74. The third kappa shape index (κ3) is 7.52. The largest absolute Gasteiger partial charge is 0.534 e. The van der Waals surface area contributed by atoms with Crippen molar-refractivity contribution in [3.63, 3.8) is 0 Å². The summed E-state index contributed by atoms with van der Waals surface area (Å²) in [5, 5.41) is 0. The van der Waals surface area contributed by atoms with Crippen LogP contribution in [0, 0.1) is 0 Å². The van der Waals surface area contributed by atoms with Gasteiger partial charge in [-0.05, 0) is 32.9 Å². The van der Waals surface area contributed by atoms with Gasteiger partial charge in [0.05, 0.1) is 6.54 Å². The topological polar surface area (TPSA) is 122 Å². The van der Waals surface area contributed by atoms with E-state index >= 15 is 0 Å². The van der Waals surface area contributed by atoms with Crippen molar-refractivity contribution < 1.29 is 44.8 Å². The molecule has 2 N–H and O–H groups in total. The van der Waals surface area contributed by atoms with Gasteiger partial charge in [-0.25, -0.2) is 4.79 Å². The van der Waals surface area contributed by atoms with Crippen LogP contribution in [0.4, 0.5) is 13.2 Å². The number of halogens is 4. The van der Waals surface area contributed by atoms with Crippen molar-refractivity contribution in [2.45, 2.75) is 38.0 Å². The Morgan fingerprint density at radius 2 is 1.61 bits per heavy atom. The van der Waals surface area contributed by atoms with Gasteiger partial charge >= 0.3 is 27.6 Å².